The van der Waals surface area contributed by atoms with Crippen molar-refractivity contribution >= 4 is 11.9 Å². The van der Waals surface area contributed by atoms with Crippen molar-refractivity contribution in [2.75, 3.05) is 13.1 Å². The first kappa shape index (κ1) is 21.8. The number of amides is 1. The van der Waals surface area contributed by atoms with Gasteiger partial charge in [-0.1, -0.05) is 30.3 Å². The quantitative estimate of drug-likeness (QED) is 0.504. The number of fused-ring (bicyclic) bond motifs is 2. The van der Waals surface area contributed by atoms with Crippen LogP contribution in [0.3, 0.4) is 0 Å². The Labute approximate surface area is 202 Å². The zero-order chi connectivity index (χ0) is 24.2. The predicted octanol–water partition coefficient (Wildman–Crippen LogP) is 4.69. The minimum absolute atomic E-state index is 0.0707. The summed E-state index contributed by atoms with van der Waals surface area (Å²) in [6.07, 6.45) is 4.90. The Kier molecular flexibility index (Phi) is 4.91. The van der Waals surface area contributed by atoms with Crippen molar-refractivity contribution in [3.8, 4) is 5.75 Å². The predicted molar refractivity (Wildman–Crippen MR) is 125 cm³/mol. The van der Waals surface area contributed by atoms with E-state index in [1.165, 1.54) is 12.3 Å². The van der Waals surface area contributed by atoms with E-state index in [1.54, 1.807) is 24.4 Å². The number of pyridine rings is 1. The van der Waals surface area contributed by atoms with E-state index in [2.05, 4.69) is 4.98 Å². The van der Waals surface area contributed by atoms with Crippen LogP contribution < -0.4 is 4.74 Å². The van der Waals surface area contributed by atoms with Gasteiger partial charge in [0.05, 0.1) is 17.5 Å². The second kappa shape index (κ2) is 7.90. The van der Waals surface area contributed by atoms with E-state index in [0.29, 0.717) is 36.4 Å². The molecular weight excluding hydrogens is 447 g/mol. The third-order valence-electron chi connectivity index (χ3n) is 7.56. The molecule has 6 nitrogen and oxygen atoms in total. The number of rotatable bonds is 5. The van der Waals surface area contributed by atoms with E-state index in [-0.39, 0.29) is 17.7 Å². The molecule has 1 amide bonds. The third kappa shape index (κ3) is 3.49. The molecule has 1 aliphatic carbocycles. The number of carbonyl (C=O) groups excluding carboxylic acids is 2. The van der Waals surface area contributed by atoms with Crippen LogP contribution >= 0.6 is 0 Å². The molecule has 2 aromatic carbocycles. The van der Waals surface area contributed by atoms with E-state index >= 15 is 0 Å². The molecule has 35 heavy (non-hydrogen) atoms. The van der Waals surface area contributed by atoms with Crippen LogP contribution in [0, 0.1) is 5.82 Å². The van der Waals surface area contributed by atoms with Crippen LogP contribution in [0.4, 0.5) is 4.39 Å². The molecule has 3 aliphatic rings. The van der Waals surface area contributed by atoms with Gasteiger partial charge < -0.3 is 14.4 Å². The summed E-state index contributed by atoms with van der Waals surface area (Å²) in [5, 5.41) is 0. The summed E-state index contributed by atoms with van der Waals surface area (Å²) in [7, 11) is 0. The van der Waals surface area contributed by atoms with Crippen LogP contribution in [0.5, 0.6) is 5.75 Å². The van der Waals surface area contributed by atoms with Gasteiger partial charge in [-0.25, -0.2) is 9.18 Å². The van der Waals surface area contributed by atoms with Gasteiger partial charge in [-0.3, -0.25) is 9.78 Å². The minimum atomic E-state index is -0.776. The van der Waals surface area contributed by atoms with Crippen molar-refractivity contribution in [1.82, 2.24) is 9.88 Å². The molecule has 0 N–H and O–H groups in total. The first-order valence-corrected chi connectivity index (χ1v) is 11.9. The maximum Gasteiger partial charge on any atom is 0.341 e. The number of ether oxygens (including phenoxy) is 2. The number of likely N-dealkylation sites (tertiary alicyclic amines) is 1. The Morgan fingerprint density at radius 3 is 2.63 bits per heavy atom. The zero-order valence-corrected chi connectivity index (χ0v) is 19.4. The number of hydrogen-bond acceptors (Lipinski definition) is 5. The Bertz CT molecular complexity index is 1320. The molecule has 1 aromatic heterocycles. The fraction of sp³-hybridized carbons (Fsp3) is 0.321. The summed E-state index contributed by atoms with van der Waals surface area (Å²) in [5.41, 5.74) is 1.43. The van der Waals surface area contributed by atoms with Gasteiger partial charge in [0, 0.05) is 36.5 Å². The number of hydrogen-bond donors (Lipinski definition) is 0. The average Bonchev–Trinajstić information content (AvgIpc) is 3.50. The molecular formula is C28H25FN2O4. The monoisotopic (exact) mass is 472 g/mol. The van der Waals surface area contributed by atoms with Crippen molar-refractivity contribution in [2.45, 2.75) is 43.3 Å². The molecule has 3 heterocycles. The van der Waals surface area contributed by atoms with Crippen LogP contribution in [0.15, 0.2) is 67.0 Å². The maximum absolute atomic E-state index is 14.1. The Morgan fingerprint density at radius 2 is 1.89 bits per heavy atom. The van der Waals surface area contributed by atoms with Crippen molar-refractivity contribution in [2.24, 2.45) is 0 Å². The van der Waals surface area contributed by atoms with Crippen LogP contribution in [0.1, 0.15) is 59.3 Å². The third-order valence-corrected chi connectivity index (χ3v) is 7.56. The van der Waals surface area contributed by atoms with Crippen LogP contribution in [0.25, 0.3) is 0 Å². The summed E-state index contributed by atoms with van der Waals surface area (Å²) in [5.74, 6) is 0.0235. The molecule has 0 bridgehead atoms. The van der Waals surface area contributed by atoms with Gasteiger partial charge in [-0.15, -0.1) is 0 Å². The van der Waals surface area contributed by atoms with E-state index in [1.807, 2.05) is 42.2 Å². The molecule has 2 fully saturated rings. The van der Waals surface area contributed by atoms with Crippen molar-refractivity contribution < 1.29 is 23.5 Å². The minimum Gasteiger partial charge on any atom is -0.486 e. The summed E-state index contributed by atoms with van der Waals surface area (Å²) < 4.78 is 25.8. The molecule has 3 aromatic rings. The topological polar surface area (TPSA) is 68.7 Å². The molecule has 2 unspecified atom stereocenters. The lowest BCUT2D eigenvalue weighted by molar-refractivity contribution is -0.134. The lowest BCUT2D eigenvalue weighted by atomic mass is 9.92. The van der Waals surface area contributed by atoms with Gasteiger partial charge >= 0.3 is 5.97 Å². The van der Waals surface area contributed by atoms with Gasteiger partial charge in [0.15, 0.2) is 5.60 Å². The lowest BCUT2D eigenvalue weighted by Gasteiger charge is -2.27. The fourth-order valence-electron chi connectivity index (χ4n) is 5.48. The summed E-state index contributed by atoms with van der Waals surface area (Å²) in [4.78, 5) is 31.9. The van der Waals surface area contributed by atoms with Crippen molar-refractivity contribution in [3.05, 3.63) is 95.1 Å². The molecule has 6 rings (SSSR count). The highest BCUT2D eigenvalue weighted by Gasteiger charge is 2.57. The average molecular weight is 473 g/mol. The summed E-state index contributed by atoms with van der Waals surface area (Å²) in [6, 6.07) is 15.9. The van der Waals surface area contributed by atoms with Gasteiger partial charge in [0.25, 0.3) is 0 Å². The van der Waals surface area contributed by atoms with Crippen LogP contribution in [0.2, 0.25) is 0 Å². The standard InChI is InChI=1S/C28H25FN2O4/c1-18(21-4-2-3-5-24(21)29)34-20-8-6-19(7-9-20)27(11-12-27)26(33)31-15-13-28(17-31)23-10-14-30-16-22(23)25(32)35-28/h2-10,14,16,18H,11-13,15,17H2,1H3. The highest BCUT2D eigenvalue weighted by Crippen LogP contribution is 2.52. The molecule has 178 valence electrons. The molecule has 1 saturated heterocycles. The Morgan fingerprint density at radius 1 is 1.11 bits per heavy atom. The number of esters is 1. The number of nitrogens with zero attached hydrogens (tertiary/aromatic N) is 2. The summed E-state index contributed by atoms with van der Waals surface area (Å²) >= 11 is 0. The van der Waals surface area contributed by atoms with Crippen molar-refractivity contribution in [3.63, 3.8) is 0 Å². The van der Waals surface area contributed by atoms with Crippen molar-refractivity contribution in [1.29, 1.82) is 0 Å². The Balaban J connectivity index is 1.17. The highest BCUT2D eigenvalue weighted by molar-refractivity contribution is 5.95. The molecule has 2 aliphatic heterocycles. The van der Waals surface area contributed by atoms with Crippen LogP contribution in [-0.2, 0) is 20.5 Å². The summed E-state index contributed by atoms with van der Waals surface area (Å²) in [6.45, 7) is 2.71. The van der Waals surface area contributed by atoms with Gasteiger partial charge in [-0.2, -0.15) is 0 Å². The van der Waals surface area contributed by atoms with Gasteiger partial charge in [0.2, 0.25) is 5.91 Å². The molecule has 2 atom stereocenters. The number of halogens is 1. The van der Waals surface area contributed by atoms with E-state index < -0.39 is 17.1 Å². The largest absolute Gasteiger partial charge is 0.486 e. The van der Waals surface area contributed by atoms with E-state index in [9.17, 15) is 14.0 Å². The number of aromatic nitrogens is 1. The van der Waals surface area contributed by atoms with E-state index in [0.717, 1.165) is 24.0 Å². The normalized spacial score (nSPS) is 22.6. The second-order valence-corrected chi connectivity index (χ2v) is 9.67. The molecule has 1 spiro atoms. The maximum atomic E-state index is 14.1. The molecule has 7 heteroatoms. The highest BCUT2D eigenvalue weighted by atomic mass is 19.1. The zero-order valence-electron chi connectivity index (χ0n) is 19.4. The fourth-order valence-corrected chi connectivity index (χ4v) is 5.48. The Hall–Kier alpha value is -3.74. The number of carbonyl (C=O) groups is 2. The first-order chi connectivity index (χ1) is 16.9. The molecule has 0 radical (unpaired) electrons. The smallest absolute Gasteiger partial charge is 0.341 e. The second-order valence-electron chi connectivity index (χ2n) is 9.67. The van der Waals surface area contributed by atoms with Gasteiger partial charge in [0.1, 0.15) is 17.7 Å². The van der Waals surface area contributed by atoms with Gasteiger partial charge in [-0.05, 0) is 49.6 Å². The van der Waals surface area contributed by atoms with Crippen LogP contribution in [-0.4, -0.2) is 34.8 Å². The lowest BCUT2D eigenvalue weighted by Crippen LogP contribution is -2.40. The first-order valence-electron chi connectivity index (χ1n) is 11.9. The van der Waals surface area contributed by atoms with E-state index in [4.69, 9.17) is 9.47 Å². The number of benzene rings is 2. The SMILES string of the molecule is CC(Oc1ccc(C2(C(=O)N3CCC4(C3)OC(=O)c3cnccc34)CC2)cc1)c1ccccc1F. The molecule has 1 saturated carbocycles.